The van der Waals surface area contributed by atoms with Crippen molar-refractivity contribution in [2.75, 3.05) is 13.1 Å². The van der Waals surface area contributed by atoms with E-state index in [0.29, 0.717) is 25.2 Å². The molecule has 0 bridgehead atoms. The van der Waals surface area contributed by atoms with E-state index in [-0.39, 0.29) is 11.7 Å². The van der Waals surface area contributed by atoms with Gasteiger partial charge < -0.3 is 15.7 Å². The van der Waals surface area contributed by atoms with Gasteiger partial charge >= 0.3 is 0 Å². The highest BCUT2D eigenvalue weighted by atomic mass is 16.3. The van der Waals surface area contributed by atoms with Crippen LogP contribution in [-0.4, -0.2) is 34.0 Å². The largest absolute Gasteiger partial charge is 0.506 e. The molecular weight excluding hydrogens is 254 g/mol. The Kier molecular flexibility index (Phi) is 4.68. The second-order valence-electron chi connectivity index (χ2n) is 4.43. The summed E-state index contributed by atoms with van der Waals surface area (Å²) in [5.74, 6) is -0.217. The van der Waals surface area contributed by atoms with Crippen LogP contribution in [0.3, 0.4) is 0 Å². The van der Waals surface area contributed by atoms with Crippen LogP contribution in [-0.2, 0) is 6.54 Å². The van der Waals surface area contributed by atoms with Crippen molar-refractivity contribution in [1.29, 1.82) is 0 Å². The quantitative estimate of drug-likeness (QED) is 0.861. The summed E-state index contributed by atoms with van der Waals surface area (Å²) in [5.41, 5.74) is 6.96. The SMILES string of the molecule is NCCN(Cc1ccccc1)C(=O)c1cncc(O)c1. The summed E-state index contributed by atoms with van der Waals surface area (Å²) in [7, 11) is 0. The fourth-order valence-corrected chi connectivity index (χ4v) is 1.94. The van der Waals surface area contributed by atoms with Crippen LogP contribution < -0.4 is 5.73 Å². The van der Waals surface area contributed by atoms with E-state index in [1.165, 1.54) is 18.5 Å². The third kappa shape index (κ3) is 3.55. The van der Waals surface area contributed by atoms with Crippen molar-refractivity contribution in [2.45, 2.75) is 6.54 Å². The zero-order valence-electron chi connectivity index (χ0n) is 11.1. The fraction of sp³-hybridized carbons (Fsp3) is 0.200. The van der Waals surface area contributed by atoms with Crippen LogP contribution >= 0.6 is 0 Å². The van der Waals surface area contributed by atoms with Gasteiger partial charge in [-0.2, -0.15) is 0 Å². The topological polar surface area (TPSA) is 79.5 Å². The Balaban J connectivity index is 2.18. The van der Waals surface area contributed by atoms with Crippen LogP contribution in [0.4, 0.5) is 0 Å². The molecule has 2 rings (SSSR count). The number of benzene rings is 1. The van der Waals surface area contributed by atoms with Gasteiger partial charge in [-0.15, -0.1) is 0 Å². The monoisotopic (exact) mass is 271 g/mol. The molecule has 0 saturated heterocycles. The number of carbonyl (C=O) groups excluding carboxylic acids is 1. The molecule has 5 nitrogen and oxygen atoms in total. The maximum absolute atomic E-state index is 12.4. The predicted octanol–water partition coefficient (Wildman–Crippen LogP) is 1.39. The maximum atomic E-state index is 12.4. The normalized spacial score (nSPS) is 10.2. The van der Waals surface area contributed by atoms with E-state index in [2.05, 4.69) is 4.98 Å². The lowest BCUT2D eigenvalue weighted by atomic mass is 10.2. The number of aromatic nitrogens is 1. The molecule has 1 heterocycles. The number of nitrogens with zero attached hydrogens (tertiary/aromatic N) is 2. The highest BCUT2D eigenvalue weighted by molar-refractivity contribution is 5.94. The number of rotatable bonds is 5. The first kappa shape index (κ1) is 14.0. The molecule has 1 amide bonds. The van der Waals surface area contributed by atoms with E-state index in [4.69, 9.17) is 5.73 Å². The molecule has 0 fully saturated rings. The fourth-order valence-electron chi connectivity index (χ4n) is 1.94. The summed E-state index contributed by atoms with van der Waals surface area (Å²) >= 11 is 0. The molecule has 5 heteroatoms. The molecule has 0 atom stereocenters. The molecule has 20 heavy (non-hydrogen) atoms. The van der Waals surface area contributed by atoms with Crippen molar-refractivity contribution < 1.29 is 9.90 Å². The first-order chi connectivity index (χ1) is 9.70. The van der Waals surface area contributed by atoms with Crippen molar-refractivity contribution in [3.8, 4) is 5.75 Å². The summed E-state index contributed by atoms with van der Waals surface area (Å²) < 4.78 is 0. The number of aromatic hydroxyl groups is 1. The minimum atomic E-state index is -0.192. The Bertz CT molecular complexity index is 572. The van der Waals surface area contributed by atoms with Gasteiger partial charge in [-0.1, -0.05) is 30.3 Å². The number of pyridine rings is 1. The Morgan fingerprint density at radius 1 is 1.25 bits per heavy atom. The minimum Gasteiger partial charge on any atom is -0.506 e. The lowest BCUT2D eigenvalue weighted by Gasteiger charge is -2.22. The van der Waals surface area contributed by atoms with Gasteiger partial charge in [-0.25, -0.2) is 0 Å². The number of nitrogens with two attached hydrogens (primary N) is 1. The summed E-state index contributed by atoms with van der Waals surface area (Å²) in [6, 6.07) is 11.1. The summed E-state index contributed by atoms with van der Waals surface area (Å²) in [6.07, 6.45) is 2.73. The number of hydrogen-bond donors (Lipinski definition) is 2. The van der Waals surface area contributed by atoms with Crippen molar-refractivity contribution in [1.82, 2.24) is 9.88 Å². The van der Waals surface area contributed by atoms with Gasteiger partial charge in [0.1, 0.15) is 5.75 Å². The first-order valence-corrected chi connectivity index (χ1v) is 6.38. The Morgan fingerprint density at radius 2 is 2.00 bits per heavy atom. The molecule has 0 radical (unpaired) electrons. The van der Waals surface area contributed by atoms with Crippen molar-refractivity contribution in [3.63, 3.8) is 0 Å². The lowest BCUT2D eigenvalue weighted by molar-refractivity contribution is 0.0747. The zero-order chi connectivity index (χ0) is 14.4. The lowest BCUT2D eigenvalue weighted by Crippen LogP contribution is -2.34. The Labute approximate surface area is 117 Å². The standard InChI is InChI=1S/C15H17N3O2/c16-6-7-18(11-12-4-2-1-3-5-12)15(20)13-8-14(19)10-17-9-13/h1-5,8-10,19H,6-7,11,16H2. The second-order valence-corrected chi connectivity index (χ2v) is 4.43. The Hall–Kier alpha value is -2.40. The highest BCUT2D eigenvalue weighted by Gasteiger charge is 2.16. The van der Waals surface area contributed by atoms with E-state index in [9.17, 15) is 9.90 Å². The molecule has 0 aliphatic carbocycles. The molecule has 0 aliphatic heterocycles. The van der Waals surface area contributed by atoms with Crippen molar-refractivity contribution in [3.05, 3.63) is 59.9 Å². The third-order valence-corrected chi connectivity index (χ3v) is 2.87. The van der Waals surface area contributed by atoms with Gasteiger partial charge in [0.2, 0.25) is 0 Å². The summed E-state index contributed by atoms with van der Waals surface area (Å²) in [4.78, 5) is 17.9. The van der Waals surface area contributed by atoms with E-state index in [0.717, 1.165) is 5.56 Å². The molecule has 104 valence electrons. The van der Waals surface area contributed by atoms with Gasteiger partial charge in [-0.3, -0.25) is 9.78 Å². The van der Waals surface area contributed by atoms with Crippen LogP contribution in [0.2, 0.25) is 0 Å². The van der Waals surface area contributed by atoms with Gasteiger partial charge in [0.05, 0.1) is 11.8 Å². The van der Waals surface area contributed by atoms with Gasteiger partial charge in [-0.05, 0) is 11.6 Å². The predicted molar refractivity (Wildman–Crippen MR) is 76.1 cm³/mol. The smallest absolute Gasteiger partial charge is 0.255 e. The van der Waals surface area contributed by atoms with Crippen molar-refractivity contribution >= 4 is 5.91 Å². The highest BCUT2D eigenvalue weighted by Crippen LogP contribution is 2.13. The molecule has 0 saturated carbocycles. The molecule has 2 aromatic rings. The van der Waals surface area contributed by atoms with E-state index in [1.54, 1.807) is 4.90 Å². The Morgan fingerprint density at radius 3 is 2.65 bits per heavy atom. The van der Waals surface area contributed by atoms with Crippen LogP contribution in [0.1, 0.15) is 15.9 Å². The second kappa shape index (κ2) is 6.68. The minimum absolute atomic E-state index is 0.0248. The summed E-state index contributed by atoms with van der Waals surface area (Å²) in [6.45, 7) is 1.31. The average Bonchev–Trinajstić information content (AvgIpc) is 2.47. The first-order valence-electron chi connectivity index (χ1n) is 6.38. The molecule has 0 unspecified atom stereocenters. The zero-order valence-corrected chi connectivity index (χ0v) is 11.1. The van der Waals surface area contributed by atoms with Gasteiger partial charge in [0.15, 0.2) is 0 Å². The van der Waals surface area contributed by atoms with Gasteiger partial charge in [0.25, 0.3) is 5.91 Å². The summed E-state index contributed by atoms with van der Waals surface area (Å²) in [5, 5.41) is 9.41. The number of carbonyl (C=O) groups is 1. The molecule has 0 spiro atoms. The molecule has 3 N–H and O–H groups in total. The number of hydrogen-bond acceptors (Lipinski definition) is 4. The van der Waals surface area contributed by atoms with Crippen LogP contribution in [0.5, 0.6) is 5.75 Å². The van der Waals surface area contributed by atoms with E-state index < -0.39 is 0 Å². The number of amides is 1. The molecular formula is C15H17N3O2. The van der Waals surface area contributed by atoms with Crippen molar-refractivity contribution in [2.24, 2.45) is 5.73 Å². The van der Waals surface area contributed by atoms with Crippen LogP contribution in [0, 0.1) is 0 Å². The molecule has 1 aromatic carbocycles. The van der Waals surface area contributed by atoms with Gasteiger partial charge in [0, 0.05) is 25.8 Å². The van der Waals surface area contributed by atoms with E-state index in [1.807, 2.05) is 30.3 Å². The third-order valence-electron chi connectivity index (χ3n) is 2.87. The average molecular weight is 271 g/mol. The van der Waals surface area contributed by atoms with E-state index >= 15 is 0 Å². The van der Waals surface area contributed by atoms with Crippen LogP contribution in [0.15, 0.2) is 48.8 Å². The van der Waals surface area contributed by atoms with Crippen LogP contribution in [0.25, 0.3) is 0 Å². The maximum Gasteiger partial charge on any atom is 0.255 e. The molecule has 1 aromatic heterocycles. The molecule has 0 aliphatic rings.